The lowest BCUT2D eigenvalue weighted by Gasteiger charge is -2.25. The first kappa shape index (κ1) is 13.7. The van der Waals surface area contributed by atoms with E-state index in [-0.39, 0.29) is 6.04 Å². The third kappa shape index (κ3) is 2.51. The van der Waals surface area contributed by atoms with Crippen LogP contribution in [0.3, 0.4) is 0 Å². The van der Waals surface area contributed by atoms with Crippen LogP contribution < -0.4 is 11.3 Å². The first-order valence-electron chi connectivity index (χ1n) is 6.80. The quantitative estimate of drug-likeness (QED) is 0.897. The Balaban J connectivity index is 1.88. The van der Waals surface area contributed by atoms with Gasteiger partial charge in [0.2, 0.25) is 0 Å². The second kappa shape index (κ2) is 5.59. The summed E-state index contributed by atoms with van der Waals surface area (Å²) in [7, 11) is 0. The average Bonchev–Trinajstić information content (AvgIpc) is 3.12. The molecule has 1 atom stereocenters. The molecule has 1 aliphatic heterocycles. The predicted octanol–water partition coefficient (Wildman–Crippen LogP) is 2.18. The van der Waals surface area contributed by atoms with E-state index in [1.165, 1.54) is 0 Å². The zero-order valence-corrected chi connectivity index (χ0v) is 12.0. The van der Waals surface area contributed by atoms with Gasteiger partial charge in [-0.3, -0.25) is 5.01 Å². The van der Waals surface area contributed by atoms with Gasteiger partial charge in [-0.1, -0.05) is 35.0 Å². The molecule has 6 nitrogen and oxygen atoms in total. The second-order valence-corrected chi connectivity index (χ2v) is 4.97. The summed E-state index contributed by atoms with van der Waals surface area (Å²) in [4.78, 5) is 4.99. The first-order valence-corrected chi connectivity index (χ1v) is 6.80. The molecule has 0 bridgehead atoms. The lowest BCUT2D eigenvalue weighted by atomic mass is 9.99. The Labute approximate surface area is 123 Å². The molecule has 2 aromatic rings. The molecule has 21 heavy (non-hydrogen) atoms. The summed E-state index contributed by atoms with van der Waals surface area (Å²) in [6.07, 6.45) is 3.40. The van der Waals surface area contributed by atoms with Gasteiger partial charge in [0.1, 0.15) is 12.0 Å². The van der Waals surface area contributed by atoms with E-state index in [0.717, 1.165) is 28.1 Å². The Morgan fingerprint density at radius 2 is 2.05 bits per heavy atom. The Kier molecular flexibility index (Phi) is 3.64. The Bertz CT molecular complexity index is 629. The fourth-order valence-electron chi connectivity index (χ4n) is 2.56. The Morgan fingerprint density at radius 1 is 1.29 bits per heavy atom. The number of hydrazine groups is 1. The van der Waals surface area contributed by atoms with Crippen LogP contribution in [0.25, 0.3) is 11.1 Å². The monoisotopic (exact) mass is 286 g/mol. The minimum absolute atomic E-state index is 0.0162. The molecule has 0 aliphatic carbocycles. The molecule has 1 aromatic carbocycles. The molecule has 0 amide bonds. The van der Waals surface area contributed by atoms with Gasteiger partial charge >= 0.3 is 0 Å². The molecule has 3 rings (SSSR count). The van der Waals surface area contributed by atoms with Gasteiger partial charge < -0.3 is 15.1 Å². The molecule has 0 fully saturated rings. The highest BCUT2D eigenvalue weighted by atomic mass is 16.7. The van der Waals surface area contributed by atoms with Crippen molar-refractivity contribution in [3.8, 4) is 11.1 Å². The first-order chi connectivity index (χ1) is 10.2. The summed E-state index contributed by atoms with van der Waals surface area (Å²) in [5.74, 6) is 0.827. The van der Waals surface area contributed by atoms with Crippen LogP contribution in [0.5, 0.6) is 0 Å². The van der Waals surface area contributed by atoms with Gasteiger partial charge in [-0.2, -0.15) is 0 Å². The van der Waals surface area contributed by atoms with Crippen LogP contribution in [0.2, 0.25) is 0 Å². The SMILES string of the molecule is Cc1noc(C)c1-c1ccc(C(CN)N2C=CON2)cc1. The van der Waals surface area contributed by atoms with Crippen LogP contribution >= 0.6 is 0 Å². The molecule has 0 saturated heterocycles. The largest absolute Gasteiger partial charge is 0.395 e. The van der Waals surface area contributed by atoms with Crippen LogP contribution in [0.4, 0.5) is 0 Å². The lowest BCUT2D eigenvalue weighted by molar-refractivity contribution is 0.0116. The molecule has 1 aliphatic rings. The smallest absolute Gasteiger partial charge is 0.141 e. The van der Waals surface area contributed by atoms with Crippen molar-refractivity contribution in [3.63, 3.8) is 0 Å². The maximum Gasteiger partial charge on any atom is 0.141 e. The molecule has 3 N–H and O–H groups in total. The van der Waals surface area contributed by atoms with Crippen molar-refractivity contribution >= 4 is 0 Å². The second-order valence-electron chi connectivity index (χ2n) is 4.97. The topological polar surface area (TPSA) is 76.5 Å². The maximum atomic E-state index is 5.87. The van der Waals surface area contributed by atoms with E-state index in [1.807, 2.05) is 25.1 Å². The van der Waals surface area contributed by atoms with E-state index >= 15 is 0 Å². The molecular weight excluding hydrogens is 268 g/mol. The average molecular weight is 286 g/mol. The maximum absolute atomic E-state index is 5.87. The summed E-state index contributed by atoms with van der Waals surface area (Å²) in [5.41, 5.74) is 12.8. The zero-order chi connectivity index (χ0) is 14.8. The molecule has 110 valence electrons. The van der Waals surface area contributed by atoms with Gasteiger partial charge in [0.05, 0.1) is 17.9 Å². The van der Waals surface area contributed by atoms with Crippen molar-refractivity contribution in [2.24, 2.45) is 5.73 Å². The summed E-state index contributed by atoms with van der Waals surface area (Å²) in [6.45, 7) is 4.34. The van der Waals surface area contributed by atoms with E-state index in [9.17, 15) is 0 Å². The number of nitrogens with two attached hydrogens (primary N) is 1. The van der Waals surface area contributed by atoms with E-state index in [2.05, 4.69) is 35.0 Å². The van der Waals surface area contributed by atoms with Crippen LogP contribution in [0.1, 0.15) is 23.1 Å². The van der Waals surface area contributed by atoms with Gasteiger partial charge in [-0.05, 0) is 25.0 Å². The minimum atomic E-state index is 0.0162. The lowest BCUT2D eigenvalue weighted by Crippen LogP contribution is -2.36. The number of hydrogen-bond acceptors (Lipinski definition) is 6. The van der Waals surface area contributed by atoms with Crippen LogP contribution in [0.15, 0.2) is 41.3 Å². The molecular formula is C15H18N4O2. The van der Waals surface area contributed by atoms with Crippen LogP contribution in [-0.2, 0) is 4.84 Å². The third-order valence-corrected chi connectivity index (χ3v) is 3.62. The highest BCUT2D eigenvalue weighted by molar-refractivity contribution is 5.67. The number of aromatic nitrogens is 1. The van der Waals surface area contributed by atoms with Crippen molar-refractivity contribution in [1.82, 2.24) is 15.8 Å². The number of hydrogen-bond donors (Lipinski definition) is 2. The highest BCUT2D eigenvalue weighted by Crippen LogP contribution is 2.29. The van der Waals surface area contributed by atoms with Crippen molar-refractivity contribution < 1.29 is 9.36 Å². The fraction of sp³-hybridized carbons (Fsp3) is 0.267. The highest BCUT2D eigenvalue weighted by Gasteiger charge is 2.19. The van der Waals surface area contributed by atoms with Crippen molar-refractivity contribution in [2.45, 2.75) is 19.9 Å². The van der Waals surface area contributed by atoms with Gasteiger partial charge in [0.25, 0.3) is 0 Å². The normalized spacial score (nSPS) is 15.3. The summed E-state index contributed by atoms with van der Waals surface area (Å²) >= 11 is 0. The van der Waals surface area contributed by atoms with Gasteiger partial charge in [-0.25, -0.2) is 0 Å². The number of nitrogens with zero attached hydrogens (tertiary/aromatic N) is 2. The van der Waals surface area contributed by atoms with E-state index in [0.29, 0.717) is 6.54 Å². The minimum Gasteiger partial charge on any atom is -0.395 e. The molecule has 1 unspecified atom stereocenters. The fourth-order valence-corrected chi connectivity index (χ4v) is 2.56. The van der Waals surface area contributed by atoms with Crippen LogP contribution in [0, 0.1) is 13.8 Å². The number of aryl methyl sites for hydroxylation is 2. The van der Waals surface area contributed by atoms with E-state index in [4.69, 9.17) is 15.1 Å². The summed E-state index contributed by atoms with van der Waals surface area (Å²) < 4.78 is 5.22. The molecule has 0 spiro atoms. The van der Waals surface area contributed by atoms with Gasteiger partial charge in [-0.15, -0.1) is 0 Å². The van der Waals surface area contributed by atoms with E-state index in [1.54, 1.807) is 6.26 Å². The Hall–Kier alpha value is -2.31. The zero-order valence-electron chi connectivity index (χ0n) is 12.0. The number of rotatable bonds is 4. The van der Waals surface area contributed by atoms with Crippen molar-refractivity contribution in [3.05, 3.63) is 53.7 Å². The number of benzene rings is 1. The molecule has 0 radical (unpaired) electrons. The number of nitrogens with one attached hydrogen (secondary N) is 1. The molecule has 2 heterocycles. The van der Waals surface area contributed by atoms with E-state index < -0.39 is 0 Å². The Morgan fingerprint density at radius 3 is 2.57 bits per heavy atom. The third-order valence-electron chi connectivity index (χ3n) is 3.62. The predicted molar refractivity (Wildman–Crippen MR) is 78.4 cm³/mol. The standard InChI is InChI=1S/C15H18N4O2/c1-10-15(11(2)21-17-10)13-5-3-12(4-6-13)14(9-16)19-7-8-20-18-19/h3-8,14,18H,9,16H2,1-2H3. The summed E-state index contributed by atoms with van der Waals surface area (Å²) in [6, 6.07) is 8.26. The summed E-state index contributed by atoms with van der Waals surface area (Å²) in [5, 5.41) is 5.83. The molecule has 1 aromatic heterocycles. The van der Waals surface area contributed by atoms with Crippen LogP contribution in [-0.4, -0.2) is 16.7 Å². The van der Waals surface area contributed by atoms with Gasteiger partial charge in [0.15, 0.2) is 0 Å². The molecule has 0 saturated carbocycles. The van der Waals surface area contributed by atoms with Crippen molar-refractivity contribution in [2.75, 3.05) is 6.54 Å². The molecule has 6 heteroatoms. The van der Waals surface area contributed by atoms with Crippen molar-refractivity contribution in [1.29, 1.82) is 0 Å². The van der Waals surface area contributed by atoms with Gasteiger partial charge in [0, 0.05) is 12.1 Å².